The fraction of sp³-hybridized carbons (Fsp3) is 0.538. The van der Waals surface area contributed by atoms with E-state index in [-0.39, 0.29) is 12.3 Å². The quantitative estimate of drug-likeness (QED) is 0.798. The third kappa shape index (κ3) is 4.43. The predicted molar refractivity (Wildman–Crippen MR) is 64.9 cm³/mol. The van der Waals surface area contributed by atoms with Crippen LogP contribution in [0.4, 0.5) is 0 Å². The van der Waals surface area contributed by atoms with Gasteiger partial charge < -0.3 is 5.73 Å². The van der Waals surface area contributed by atoms with Crippen LogP contribution in [0.1, 0.15) is 37.9 Å². The van der Waals surface area contributed by atoms with Crippen molar-refractivity contribution in [3.8, 4) is 0 Å². The van der Waals surface area contributed by atoms with E-state index in [1.54, 1.807) is 6.20 Å². The zero-order valence-electron chi connectivity index (χ0n) is 10.1. The Bertz CT molecular complexity index is 332. The van der Waals surface area contributed by atoms with Crippen molar-refractivity contribution < 1.29 is 4.79 Å². The molecule has 1 atom stereocenters. The van der Waals surface area contributed by atoms with Gasteiger partial charge >= 0.3 is 0 Å². The number of amides is 1. The van der Waals surface area contributed by atoms with Crippen LogP contribution >= 0.6 is 0 Å². The monoisotopic (exact) mass is 220 g/mol. The number of nitrogens with two attached hydrogens (primary N) is 1. The van der Waals surface area contributed by atoms with Crippen LogP contribution < -0.4 is 5.73 Å². The van der Waals surface area contributed by atoms with Crippen LogP contribution in [0.15, 0.2) is 18.3 Å². The molecule has 3 nitrogen and oxygen atoms in total. The van der Waals surface area contributed by atoms with Crippen molar-refractivity contribution in [2.24, 2.45) is 11.7 Å². The molecule has 3 heteroatoms. The van der Waals surface area contributed by atoms with Crippen molar-refractivity contribution in [2.45, 2.75) is 39.5 Å². The maximum Gasteiger partial charge on any atom is 0.221 e. The number of pyridine rings is 1. The Morgan fingerprint density at radius 1 is 1.50 bits per heavy atom. The first-order valence-electron chi connectivity index (χ1n) is 5.84. The van der Waals surface area contributed by atoms with Crippen LogP contribution in [0.3, 0.4) is 0 Å². The van der Waals surface area contributed by atoms with Crippen molar-refractivity contribution >= 4 is 5.91 Å². The fourth-order valence-corrected chi connectivity index (χ4v) is 1.83. The van der Waals surface area contributed by atoms with Gasteiger partial charge in [-0.15, -0.1) is 0 Å². The Kier molecular flexibility index (Phi) is 4.96. The first-order chi connectivity index (χ1) is 7.61. The summed E-state index contributed by atoms with van der Waals surface area (Å²) in [5, 5.41) is 0. The van der Waals surface area contributed by atoms with E-state index in [0.717, 1.165) is 17.7 Å². The number of nitrogens with zero attached hydrogens (tertiary/aromatic N) is 1. The van der Waals surface area contributed by atoms with E-state index in [4.69, 9.17) is 5.73 Å². The van der Waals surface area contributed by atoms with E-state index in [1.807, 2.05) is 12.1 Å². The minimum Gasteiger partial charge on any atom is -0.369 e. The Morgan fingerprint density at radius 2 is 2.25 bits per heavy atom. The van der Waals surface area contributed by atoms with Gasteiger partial charge in [0, 0.05) is 11.9 Å². The molecule has 88 valence electrons. The lowest BCUT2D eigenvalue weighted by atomic mass is 10.00. The first kappa shape index (κ1) is 12.7. The van der Waals surface area contributed by atoms with Crippen molar-refractivity contribution in [3.05, 3.63) is 29.6 Å². The summed E-state index contributed by atoms with van der Waals surface area (Å²) in [5.41, 5.74) is 7.10. The molecule has 0 aliphatic carbocycles. The summed E-state index contributed by atoms with van der Waals surface area (Å²) in [6, 6.07) is 3.93. The van der Waals surface area contributed by atoms with Gasteiger partial charge in [-0.2, -0.15) is 0 Å². The Morgan fingerprint density at radius 3 is 2.75 bits per heavy atom. The maximum atomic E-state index is 10.7. The fourth-order valence-electron chi connectivity index (χ4n) is 1.83. The normalized spacial score (nSPS) is 12.4. The van der Waals surface area contributed by atoms with Gasteiger partial charge in [0.2, 0.25) is 5.91 Å². The number of primary amides is 1. The summed E-state index contributed by atoms with van der Waals surface area (Å²) in [6.45, 7) is 4.43. The number of aromatic nitrogens is 1. The average Bonchev–Trinajstić information content (AvgIpc) is 2.20. The SMILES string of the molecule is CCCC(C)Cc1ccc(CC(N)=O)cn1. The summed E-state index contributed by atoms with van der Waals surface area (Å²) in [6.07, 6.45) is 5.47. The van der Waals surface area contributed by atoms with Gasteiger partial charge in [0.15, 0.2) is 0 Å². The molecule has 0 saturated heterocycles. The minimum atomic E-state index is -0.311. The first-order valence-corrected chi connectivity index (χ1v) is 5.84. The molecular weight excluding hydrogens is 200 g/mol. The zero-order valence-corrected chi connectivity index (χ0v) is 10.1. The molecule has 1 rings (SSSR count). The van der Waals surface area contributed by atoms with Crippen molar-refractivity contribution in [3.63, 3.8) is 0 Å². The molecule has 1 aromatic rings. The molecule has 0 fully saturated rings. The molecule has 0 saturated carbocycles. The molecular formula is C13H20N2O. The summed E-state index contributed by atoms with van der Waals surface area (Å²) in [5.74, 6) is 0.355. The van der Waals surface area contributed by atoms with Gasteiger partial charge in [0.25, 0.3) is 0 Å². The van der Waals surface area contributed by atoms with Gasteiger partial charge in [-0.25, -0.2) is 0 Å². The van der Waals surface area contributed by atoms with Crippen LogP contribution in [0, 0.1) is 5.92 Å². The van der Waals surface area contributed by atoms with Gasteiger partial charge in [0.1, 0.15) is 0 Å². The lowest BCUT2D eigenvalue weighted by Crippen LogP contribution is -2.13. The third-order valence-corrected chi connectivity index (χ3v) is 2.60. The minimum absolute atomic E-state index is 0.276. The number of hydrogen-bond donors (Lipinski definition) is 1. The summed E-state index contributed by atoms with van der Waals surface area (Å²) < 4.78 is 0. The summed E-state index contributed by atoms with van der Waals surface area (Å²) >= 11 is 0. The van der Waals surface area contributed by atoms with Gasteiger partial charge in [-0.05, 0) is 24.0 Å². The van der Waals surface area contributed by atoms with Crippen molar-refractivity contribution in [1.82, 2.24) is 4.98 Å². The maximum absolute atomic E-state index is 10.7. The van der Waals surface area contributed by atoms with Crippen LogP contribution in [-0.4, -0.2) is 10.9 Å². The molecule has 0 aliphatic heterocycles. The highest BCUT2D eigenvalue weighted by Crippen LogP contribution is 2.12. The molecule has 1 amide bonds. The van der Waals surface area contributed by atoms with E-state index in [9.17, 15) is 4.79 Å². The molecule has 2 N–H and O–H groups in total. The van der Waals surface area contributed by atoms with E-state index in [0.29, 0.717) is 5.92 Å². The predicted octanol–water partition coefficient (Wildman–Crippen LogP) is 2.09. The molecule has 1 aromatic heterocycles. The number of carbonyl (C=O) groups excluding carboxylic acids is 1. The second-order valence-electron chi connectivity index (χ2n) is 4.40. The number of carbonyl (C=O) groups is 1. The van der Waals surface area contributed by atoms with E-state index in [1.165, 1.54) is 12.8 Å². The molecule has 16 heavy (non-hydrogen) atoms. The lowest BCUT2D eigenvalue weighted by molar-refractivity contribution is -0.117. The van der Waals surface area contributed by atoms with Crippen molar-refractivity contribution in [1.29, 1.82) is 0 Å². The number of hydrogen-bond acceptors (Lipinski definition) is 2. The van der Waals surface area contributed by atoms with E-state index in [2.05, 4.69) is 18.8 Å². The van der Waals surface area contributed by atoms with Gasteiger partial charge in [0.05, 0.1) is 6.42 Å². The lowest BCUT2D eigenvalue weighted by Gasteiger charge is -2.09. The highest BCUT2D eigenvalue weighted by Gasteiger charge is 2.04. The molecule has 0 spiro atoms. The molecule has 0 aromatic carbocycles. The largest absolute Gasteiger partial charge is 0.369 e. The molecule has 1 unspecified atom stereocenters. The molecule has 0 radical (unpaired) electrons. The summed E-state index contributed by atoms with van der Waals surface area (Å²) in [7, 11) is 0. The Hall–Kier alpha value is -1.38. The average molecular weight is 220 g/mol. The summed E-state index contributed by atoms with van der Waals surface area (Å²) in [4.78, 5) is 15.1. The Labute approximate surface area is 97.1 Å². The van der Waals surface area contributed by atoms with E-state index >= 15 is 0 Å². The third-order valence-electron chi connectivity index (χ3n) is 2.60. The molecule has 1 heterocycles. The topological polar surface area (TPSA) is 56.0 Å². The second-order valence-corrected chi connectivity index (χ2v) is 4.40. The van der Waals surface area contributed by atoms with Crippen LogP contribution in [-0.2, 0) is 17.6 Å². The van der Waals surface area contributed by atoms with Crippen LogP contribution in [0.25, 0.3) is 0 Å². The number of rotatable bonds is 6. The smallest absolute Gasteiger partial charge is 0.221 e. The van der Waals surface area contributed by atoms with E-state index < -0.39 is 0 Å². The van der Waals surface area contributed by atoms with Gasteiger partial charge in [-0.3, -0.25) is 9.78 Å². The van der Waals surface area contributed by atoms with Crippen LogP contribution in [0.5, 0.6) is 0 Å². The standard InChI is InChI=1S/C13H20N2O/c1-3-4-10(2)7-12-6-5-11(9-15-12)8-13(14)16/h5-6,9-10H,3-4,7-8H2,1-2H3,(H2,14,16). The van der Waals surface area contributed by atoms with Crippen molar-refractivity contribution in [2.75, 3.05) is 0 Å². The van der Waals surface area contributed by atoms with Crippen LogP contribution in [0.2, 0.25) is 0 Å². The molecule has 0 bridgehead atoms. The molecule has 0 aliphatic rings. The second kappa shape index (κ2) is 6.26. The highest BCUT2D eigenvalue weighted by atomic mass is 16.1. The van der Waals surface area contributed by atoms with Gasteiger partial charge in [-0.1, -0.05) is 32.8 Å². The highest BCUT2D eigenvalue weighted by molar-refractivity contribution is 5.76. The zero-order chi connectivity index (χ0) is 12.0. The Balaban J connectivity index is 2.54.